The minimum Gasteiger partial charge on any atom is -0.493 e. The first kappa shape index (κ1) is 13.1. The third-order valence-corrected chi connectivity index (χ3v) is 4.08. The molecule has 3 nitrogen and oxygen atoms in total. The second kappa shape index (κ2) is 5.23. The Bertz CT molecular complexity index is 625. The fraction of sp³-hybridized carbons (Fsp3) is 0.412. The van der Waals surface area contributed by atoms with E-state index in [0.29, 0.717) is 0 Å². The minimum absolute atomic E-state index is 0.735. The van der Waals surface area contributed by atoms with Gasteiger partial charge < -0.3 is 13.9 Å². The van der Waals surface area contributed by atoms with E-state index in [9.17, 15) is 0 Å². The van der Waals surface area contributed by atoms with Crippen LogP contribution in [0.25, 0.3) is 11.3 Å². The number of benzene rings is 1. The Balaban J connectivity index is 2.07. The van der Waals surface area contributed by atoms with Gasteiger partial charge in [-0.25, -0.2) is 0 Å². The molecule has 1 heterocycles. The Hall–Kier alpha value is -1.90. The zero-order valence-corrected chi connectivity index (χ0v) is 12.3. The van der Waals surface area contributed by atoms with Gasteiger partial charge in [0, 0.05) is 12.0 Å². The molecule has 2 aromatic rings. The van der Waals surface area contributed by atoms with Gasteiger partial charge in [-0.05, 0) is 55.5 Å². The summed E-state index contributed by atoms with van der Waals surface area (Å²) in [5, 5.41) is 0. The lowest BCUT2D eigenvalue weighted by atomic mass is 9.94. The zero-order valence-electron chi connectivity index (χ0n) is 12.3. The lowest BCUT2D eigenvalue weighted by molar-refractivity contribution is 0.355. The predicted molar refractivity (Wildman–Crippen MR) is 78.6 cm³/mol. The van der Waals surface area contributed by atoms with Gasteiger partial charge in [0.2, 0.25) is 0 Å². The number of furan rings is 1. The van der Waals surface area contributed by atoms with E-state index < -0.39 is 0 Å². The van der Waals surface area contributed by atoms with E-state index in [1.165, 1.54) is 29.7 Å². The molecule has 106 valence electrons. The van der Waals surface area contributed by atoms with Crippen molar-refractivity contribution < 1.29 is 13.9 Å². The average molecular weight is 272 g/mol. The molecule has 0 bridgehead atoms. The summed E-state index contributed by atoms with van der Waals surface area (Å²) in [6.07, 6.45) is 4.69. The highest BCUT2D eigenvalue weighted by molar-refractivity contribution is 5.67. The maximum absolute atomic E-state index is 6.10. The van der Waals surface area contributed by atoms with E-state index in [-0.39, 0.29) is 0 Å². The summed E-state index contributed by atoms with van der Waals surface area (Å²) in [6.45, 7) is 2.15. The highest BCUT2D eigenvalue weighted by atomic mass is 16.5. The number of ether oxygens (including phenoxy) is 2. The number of rotatable bonds is 3. The Kier molecular flexibility index (Phi) is 3.43. The quantitative estimate of drug-likeness (QED) is 0.841. The molecule has 3 heteroatoms. The second-order valence-electron chi connectivity index (χ2n) is 5.23. The van der Waals surface area contributed by atoms with Crippen molar-refractivity contribution in [3.63, 3.8) is 0 Å². The van der Waals surface area contributed by atoms with Crippen molar-refractivity contribution in [3.8, 4) is 22.8 Å². The van der Waals surface area contributed by atoms with E-state index in [0.717, 1.165) is 35.7 Å². The first-order valence-corrected chi connectivity index (χ1v) is 7.08. The highest BCUT2D eigenvalue weighted by Gasteiger charge is 2.21. The molecule has 0 spiro atoms. The molecule has 0 radical (unpaired) electrons. The van der Waals surface area contributed by atoms with E-state index >= 15 is 0 Å². The van der Waals surface area contributed by atoms with Crippen LogP contribution in [-0.4, -0.2) is 14.2 Å². The number of aryl methyl sites for hydroxylation is 1. The van der Waals surface area contributed by atoms with Crippen molar-refractivity contribution in [1.29, 1.82) is 0 Å². The van der Waals surface area contributed by atoms with Gasteiger partial charge >= 0.3 is 0 Å². The van der Waals surface area contributed by atoms with Crippen LogP contribution >= 0.6 is 0 Å². The summed E-state index contributed by atoms with van der Waals surface area (Å²) in [5.74, 6) is 3.61. The molecular weight excluding hydrogens is 252 g/mol. The summed E-state index contributed by atoms with van der Waals surface area (Å²) in [4.78, 5) is 0. The first-order valence-electron chi connectivity index (χ1n) is 7.08. The van der Waals surface area contributed by atoms with Crippen LogP contribution in [0.4, 0.5) is 0 Å². The lowest BCUT2D eigenvalue weighted by Crippen LogP contribution is -1.99. The number of hydrogen-bond donors (Lipinski definition) is 0. The lowest BCUT2D eigenvalue weighted by Gasteiger charge is -2.09. The molecule has 1 aromatic heterocycles. The first-order chi connectivity index (χ1) is 9.74. The Morgan fingerprint density at radius 3 is 2.45 bits per heavy atom. The van der Waals surface area contributed by atoms with E-state index in [4.69, 9.17) is 13.9 Å². The zero-order chi connectivity index (χ0) is 14.1. The third kappa shape index (κ3) is 2.07. The molecule has 0 aliphatic heterocycles. The van der Waals surface area contributed by atoms with Crippen LogP contribution in [0, 0.1) is 6.92 Å². The van der Waals surface area contributed by atoms with E-state index in [2.05, 4.69) is 6.92 Å². The van der Waals surface area contributed by atoms with Crippen molar-refractivity contribution in [2.75, 3.05) is 14.2 Å². The number of hydrogen-bond acceptors (Lipinski definition) is 3. The van der Waals surface area contributed by atoms with Gasteiger partial charge in [0.05, 0.1) is 14.2 Å². The average Bonchev–Trinajstić information content (AvgIpc) is 2.84. The molecule has 0 unspecified atom stereocenters. The van der Waals surface area contributed by atoms with Crippen LogP contribution in [0.1, 0.15) is 29.7 Å². The third-order valence-electron chi connectivity index (χ3n) is 4.08. The Morgan fingerprint density at radius 1 is 1.00 bits per heavy atom. The van der Waals surface area contributed by atoms with Crippen molar-refractivity contribution in [1.82, 2.24) is 0 Å². The van der Waals surface area contributed by atoms with E-state index in [1.54, 1.807) is 14.2 Å². The standard InChI is InChI=1S/C17H20O3/c1-11-13-6-4-5-7-14(13)20-17(11)12-8-9-15(18-2)16(10-12)19-3/h8-10H,4-7H2,1-3H3. The minimum atomic E-state index is 0.735. The Labute approximate surface area is 119 Å². The number of methoxy groups -OCH3 is 2. The van der Waals surface area contributed by atoms with Crippen molar-refractivity contribution in [3.05, 3.63) is 35.1 Å². The van der Waals surface area contributed by atoms with Crippen LogP contribution < -0.4 is 9.47 Å². The largest absolute Gasteiger partial charge is 0.493 e. The van der Waals surface area contributed by atoms with Gasteiger partial charge in [-0.15, -0.1) is 0 Å². The highest BCUT2D eigenvalue weighted by Crippen LogP contribution is 2.38. The molecule has 0 saturated carbocycles. The van der Waals surface area contributed by atoms with Gasteiger partial charge in [0.25, 0.3) is 0 Å². The van der Waals surface area contributed by atoms with Crippen molar-refractivity contribution >= 4 is 0 Å². The van der Waals surface area contributed by atoms with Crippen LogP contribution in [0.2, 0.25) is 0 Å². The molecule has 0 atom stereocenters. The van der Waals surface area contributed by atoms with Crippen LogP contribution in [0.3, 0.4) is 0 Å². The molecule has 1 aliphatic rings. The molecule has 20 heavy (non-hydrogen) atoms. The maximum atomic E-state index is 6.10. The predicted octanol–water partition coefficient (Wildman–Crippen LogP) is 4.15. The van der Waals surface area contributed by atoms with Gasteiger partial charge in [0.15, 0.2) is 11.5 Å². The van der Waals surface area contributed by atoms with Gasteiger partial charge in [-0.3, -0.25) is 0 Å². The molecule has 0 N–H and O–H groups in total. The summed E-state index contributed by atoms with van der Waals surface area (Å²) in [7, 11) is 3.30. The molecular formula is C17H20O3. The monoisotopic (exact) mass is 272 g/mol. The van der Waals surface area contributed by atoms with Gasteiger partial charge in [0.1, 0.15) is 11.5 Å². The summed E-state index contributed by atoms with van der Waals surface area (Å²) < 4.78 is 16.8. The summed E-state index contributed by atoms with van der Waals surface area (Å²) in [6, 6.07) is 5.93. The normalized spacial score (nSPS) is 13.9. The number of fused-ring (bicyclic) bond motifs is 1. The SMILES string of the molecule is COc1ccc(-c2oc3c(c2C)CCCC3)cc1OC. The van der Waals surface area contributed by atoms with E-state index in [1.807, 2.05) is 18.2 Å². The fourth-order valence-electron chi connectivity index (χ4n) is 2.98. The smallest absolute Gasteiger partial charge is 0.161 e. The summed E-state index contributed by atoms with van der Waals surface area (Å²) in [5.41, 5.74) is 3.72. The second-order valence-corrected chi connectivity index (χ2v) is 5.23. The molecule has 0 amide bonds. The molecule has 1 aliphatic carbocycles. The topological polar surface area (TPSA) is 31.6 Å². The molecule has 3 rings (SSSR count). The maximum Gasteiger partial charge on any atom is 0.161 e. The van der Waals surface area contributed by atoms with Crippen molar-refractivity contribution in [2.24, 2.45) is 0 Å². The molecule has 0 saturated heterocycles. The summed E-state index contributed by atoms with van der Waals surface area (Å²) >= 11 is 0. The Morgan fingerprint density at radius 2 is 1.75 bits per heavy atom. The van der Waals surface area contributed by atoms with Crippen molar-refractivity contribution in [2.45, 2.75) is 32.6 Å². The molecule has 0 fully saturated rings. The van der Waals surface area contributed by atoms with Crippen LogP contribution in [0.15, 0.2) is 22.6 Å². The van der Waals surface area contributed by atoms with Crippen LogP contribution in [0.5, 0.6) is 11.5 Å². The van der Waals surface area contributed by atoms with Gasteiger partial charge in [-0.1, -0.05) is 0 Å². The fourth-order valence-corrected chi connectivity index (χ4v) is 2.98. The van der Waals surface area contributed by atoms with Gasteiger partial charge in [-0.2, -0.15) is 0 Å². The molecule has 1 aromatic carbocycles. The van der Waals surface area contributed by atoms with Crippen LogP contribution in [-0.2, 0) is 12.8 Å².